The van der Waals surface area contributed by atoms with Crippen molar-refractivity contribution in [2.75, 3.05) is 11.9 Å². The first-order chi connectivity index (χ1) is 11.4. The lowest BCUT2D eigenvalue weighted by Gasteiger charge is -2.11. The van der Waals surface area contributed by atoms with Gasteiger partial charge in [0.15, 0.2) is 0 Å². The van der Waals surface area contributed by atoms with E-state index in [-0.39, 0.29) is 17.9 Å². The van der Waals surface area contributed by atoms with Crippen LogP contribution < -0.4 is 10.6 Å². The minimum absolute atomic E-state index is 0.0894. The number of aliphatic hydroxyl groups excluding tert-OH is 1. The van der Waals surface area contributed by atoms with Crippen LogP contribution in [0.2, 0.25) is 0 Å². The molecule has 0 aliphatic rings. The second kappa shape index (κ2) is 7.66. The van der Waals surface area contributed by atoms with Crippen molar-refractivity contribution in [1.29, 1.82) is 0 Å². The monoisotopic (exact) mass is 349 g/mol. The average Bonchev–Trinajstić information content (AvgIpc) is 2.98. The number of nitro benzene ring substituents is 1. The summed E-state index contributed by atoms with van der Waals surface area (Å²) < 4.78 is 0. The number of nitrogens with zero attached hydrogens (tertiary/aromatic N) is 1. The molecule has 0 saturated heterocycles. The zero-order valence-corrected chi connectivity index (χ0v) is 13.5. The molecule has 0 spiro atoms. The van der Waals surface area contributed by atoms with Gasteiger partial charge in [0, 0.05) is 29.2 Å². The molecule has 1 aromatic carbocycles. The number of hydrogen-bond donors (Lipinski definition) is 3. The van der Waals surface area contributed by atoms with Gasteiger partial charge in [0.25, 0.3) is 5.69 Å². The minimum Gasteiger partial charge on any atom is -0.386 e. The van der Waals surface area contributed by atoms with Crippen LogP contribution >= 0.6 is 11.3 Å². The van der Waals surface area contributed by atoms with Crippen LogP contribution in [0.1, 0.15) is 16.5 Å². The van der Waals surface area contributed by atoms with Gasteiger partial charge in [0.05, 0.1) is 4.92 Å². The van der Waals surface area contributed by atoms with Crippen molar-refractivity contribution >= 4 is 34.5 Å². The van der Waals surface area contributed by atoms with Crippen molar-refractivity contribution in [2.45, 2.75) is 13.0 Å². The maximum atomic E-state index is 11.8. The molecule has 24 heavy (non-hydrogen) atoms. The molecule has 126 valence electrons. The van der Waals surface area contributed by atoms with Crippen LogP contribution in [0.15, 0.2) is 35.7 Å². The van der Waals surface area contributed by atoms with E-state index in [9.17, 15) is 24.8 Å². The van der Waals surface area contributed by atoms with Crippen molar-refractivity contribution in [1.82, 2.24) is 5.32 Å². The number of aryl methyl sites for hydroxylation is 1. The normalized spacial score (nSPS) is 11.6. The van der Waals surface area contributed by atoms with Crippen molar-refractivity contribution in [3.8, 4) is 0 Å². The number of non-ortho nitro benzene ring substituents is 1. The van der Waals surface area contributed by atoms with Crippen LogP contribution in [0.25, 0.3) is 0 Å². The summed E-state index contributed by atoms with van der Waals surface area (Å²) in [4.78, 5) is 34.2. The van der Waals surface area contributed by atoms with Gasteiger partial charge < -0.3 is 15.7 Å². The molecule has 0 aliphatic carbocycles. The third kappa shape index (κ3) is 4.37. The summed E-state index contributed by atoms with van der Waals surface area (Å²) in [6.45, 7) is 1.76. The van der Waals surface area contributed by atoms with Crippen LogP contribution in [0.5, 0.6) is 0 Å². The summed E-state index contributed by atoms with van der Waals surface area (Å²) in [5.41, 5.74) is 1.05. The second-order valence-electron chi connectivity index (χ2n) is 4.95. The molecule has 0 bridgehead atoms. The van der Waals surface area contributed by atoms with E-state index in [1.807, 2.05) is 18.4 Å². The highest BCUT2D eigenvalue weighted by molar-refractivity contribution is 7.10. The number of carbonyl (C=O) groups is 2. The van der Waals surface area contributed by atoms with Crippen LogP contribution in [0.3, 0.4) is 0 Å². The van der Waals surface area contributed by atoms with Crippen LogP contribution in [0.4, 0.5) is 11.4 Å². The van der Waals surface area contributed by atoms with E-state index in [0.29, 0.717) is 0 Å². The van der Waals surface area contributed by atoms with Crippen molar-refractivity contribution < 1.29 is 19.6 Å². The van der Waals surface area contributed by atoms with E-state index in [1.165, 1.54) is 35.6 Å². The highest BCUT2D eigenvalue weighted by atomic mass is 32.1. The Bertz CT molecular complexity index is 757. The van der Waals surface area contributed by atoms with Gasteiger partial charge >= 0.3 is 11.8 Å². The summed E-state index contributed by atoms with van der Waals surface area (Å²) in [7, 11) is 0. The third-order valence-corrected chi connectivity index (χ3v) is 4.32. The molecule has 0 saturated carbocycles. The lowest BCUT2D eigenvalue weighted by Crippen LogP contribution is -2.37. The van der Waals surface area contributed by atoms with E-state index >= 15 is 0 Å². The number of nitro groups is 1. The predicted molar refractivity (Wildman–Crippen MR) is 88.8 cm³/mol. The molecule has 3 N–H and O–H groups in total. The Kier molecular flexibility index (Phi) is 5.61. The molecule has 9 heteroatoms. The van der Waals surface area contributed by atoms with Gasteiger partial charge in [-0.2, -0.15) is 0 Å². The Hall–Kier alpha value is -2.78. The number of thiophene rings is 1. The highest BCUT2D eigenvalue weighted by Gasteiger charge is 2.18. The predicted octanol–water partition coefficient (Wildman–Crippen LogP) is 1.75. The van der Waals surface area contributed by atoms with E-state index in [0.717, 1.165) is 10.4 Å². The summed E-state index contributed by atoms with van der Waals surface area (Å²) in [5, 5.41) is 27.0. The first kappa shape index (κ1) is 17.6. The van der Waals surface area contributed by atoms with Crippen LogP contribution in [-0.2, 0) is 9.59 Å². The Morgan fingerprint density at radius 3 is 2.46 bits per heavy atom. The molecule has 1 aromatic heterocycles. The lowest BCUT2D eigenvalue weighted by molar-refractivity contribution is -0.384. The molecule has 0 radical (unpaired) electrons. The summed E-state index contributed by atoms with van der Waals surface area (Å²) in [6, 6.07) is 6.94. The zero-order valence-electron chi connectivity index (χ0n) is 12.7. The number of benzene rings is 1. The van der Waals surface area contributed by atoms with Gasteiger partial charge in [0.2, 0.25) is 0 Å². The number of carbonyl (C=O) groups excluding carboxylic acids is 2. The number of amides is 2. The number of rotatable bonds is 5. The SMILES string of the molecule is Cc1ccsc1C(O)CNC(=O)C(=O)Nc1ccc([N+](=O)[O-])cc1. The summed E-state index contributed by atoms with van der Waals surface area (Å²) in [6.07, 6.45) is -0.888. The fourth-order valence-corrected chi connectivity index (χ4v) is 2.86. The number of hydrogen-bond acceptors (Lipinski definition) is 6. The van der Waals surface area contributed by atoms with Crippen molar-refractivity contribution in [2.24, 2.45) is 0 Å². The summed E-state index contributed by atoms with van der Waals surface area (Å²) >= 11 is 1.37. The van der Waals surface area contributed by atoms with E-state index < -0.39 is 22.8 Å². The first-order valence-corrected chi connectivity index (χ1v) is 7.82. The molecular weight excluding hydrogens is 334 g/mol. The van der Waals surface area contributed by atoms with E-state index in [2.05, 4.69) is 10.6 Å². The molecule has 0 fully saturated rings. The molecule has 2 aromatic rings. The van der Waals surface area contributed by atoms with Crippen LogP contribution in [-0.4, -0.2) is 28.4 Å². The van der Waals surface area contributed by atoms with Crippen LogP contribution in [0, 0.1) is 17.0 Å². The number of nitrogens with one attached hydrogen (secondary N) is 2. The molecule has 2 rings (SSSR count). The summed E-state index contributed by atoms with van der Waals surface area (Å²) in [5.74, 6) is -1.82. The fourth-order valence-electron chi connectivity index (χ4n) is 1.94. The third-order valence-electron chi connectivity index (χ3n) is 3.20. The zero-order chi connectivity index (χ0) is 17.7. The topological polar surface area (TPSA) is 122 Å². The van der Waals surface area contributed by atoms with E-state index in [4.69, 9.17) is 0 Å². The van der Waals surface area contributed by atoms with Crippen molar-refractivity contribution in [3.05, 3.63) is 56.3 Å². The fraction of sp³-hybridized carbons (Fsp3) is 0.200. The molecule has 8 nitrogen and oxygen atoms in total. The molecule has 2 amide bonds. The quantitative estimate of drug-likeness (QED) is 0.431. The van der Waals surface area contributed by atoms with E-state index in [1.54, 1.807) is 0 Å². The Morgan fingerprint density at radius 1 is 1.25 bits per heavy atom. The Balaban J connectivity index is 1.87. The smallest absolute Gasteiger partial charge is 0.313 e. The maximum absolute atomic E-state index is 11.8. The number of anilines is 1. The molecule has 1 heterocycles. The Labute approximate surface area is 141 Å². The number of aliphatic hydroxyl groups is 1. The van der Waals surface area contributed by atoms with Gasteiger partial charge in [-0.05, 0) is 36.1 Å². The van der Waals surface area contributed by atoms with Gasteiger partial charge in [-0.15, -0.1) is 11.3 Å². The van der Waals surface area contributed by atoms with Gasteiger partial charge in [-0.3, -0.25) is 19.7 Å². The lowest BCUT2D eigenvalue weighted by atomic mass is 10.2. The highest BCUT2D eigenvalue weighted by Crippen LogP contribution is 2.23. The van der Waals surface area contributed by atoms with Crippen molar-refractivity contribution in [3.63, 3.8) is 0 Å². The van der Waals surface area contributed by atoms with Gasteiger partial charge in [-0.1, -0.05) is 0 Å². The molecule has 1 unspecified atom stereocenters. The maximum Gasteiger partial charge on any atom is 0.313 e. The molecule has 1 atom stereocenters. The molecular formula is C15H15N3O5S. The van der Waals surface area contributed by atoms with Gasteiger partial charge in [-0.25, -0.2) is 0 Å². The first-order valence-electron chi connectivity index (χ1n) is 6.94. The van der Waals surface area contributed by atoms with Gasteiger partial charge in [0.1, 0.15) is 6.10 Å². The standard InChI is InChI=1S/C15H15N3O5S/c1-9-6-7-24-13(9)12(19)8-16-14(20)15(21)17-10-2-4-11(5-3-10)18(22)23/h2-7,12,19H,8H2,1H3,(H,16,20)(H,17,21). The molecule has 0 aliphatic heterocycles. The largest absolute Gasteiger partial charge is 0.386 e. The minimum atomic E-state index is -0.918. The second-order valence-corrected chi connectivity index (χ2v) is 5.90. The Morgan fingerprint density at radius 2 is 1.92 bits per heavy atom. The average molecular weight is 349 g/mol.